The van der Waals surface area contributed by atoms with Crippen LogP contribution in [0.2, 0.25) is 0 Å². The Kier molecular flexibility index (Phi) is 2.15. The fourth-order valence-corrected chi connectivity index (χ4v) is 0.904. The molecule has 0 heterocycles. The third-order valence-electron chi connectivity index (χ3n) is 0.380. The number of carbonyl (C=O) groups is 1. The van der Waals surface area contributed by atoms with Crippen LogP contribution in [-0.4, -0.2) is 20.5 Å². The SMILES string of the molecule is CC(=O)[CH]S(C)(=O)=O. The van der Waals surface area contributed by atoms with Crippen molar-refractivity contribution in [3.63, 3.8) is 0 Å². The molecule has 0 unspecified atom stereocenters. The minimum Gasteiger partial charge on any atom is -0.299 e. The molecule has 4 heteroatoms. The minimum atomic E-state index is -3.20. The summed E-state index contributed by atoms with van der Waals surface area (Å²) in [5, 5.41) is 0. The summed E-state index contributed by atoms with van der Waals surface area (Å²) in [6, 6.07) is 0. The van der Waals surface area contributed by atoms with Gasteiger partial charge in [0.25, 0.3) is 0 Å². The molecule has 0 saturated carbocycles. The molecule has 0 atom stereocenters. The van der Waals surface area contributed by atoms with Crippen molar-refractivity contribution in [3.8, 4) is 0 Å². The highest BCUT2D eigenvalue weighted by Crippen LogP contribution is 1.88. The molecule has 0 rings (SSSR count). The van der Waals surface area contributed by atoms with E-state index < -0.39 is 15.6 Å². The summed E-state index contributed by atoms with van der Waals surface area (Å²) < 4.78 is 20.3. The van der Waals surface area contributed by atoms with Gasteiger partial charge in [-0.2, -0.15) is 0 Å². The Labute approximate surface area is 48.6 Å². The molecular weight excluding hydrogens is 128 g/mol. The zero-order chi connectivity index (χ0) is 6.78. The van der Waals surface area contributed by atoms with Gasteiger partial charge in [0, 0.05) is 6.26 Å². The minimum absolute atomic E-state index is 0.437. The van der Waals surface area contributed by atoms with Crippen molar-refractivity contribution in [2.75, 3.05) is 6.26 Å². The molecule has 47 valence electrons. The number of carbonyl (C=O) groups excluding carboxylic acids is 1. The lowest BCUT2D eigenvalue weighted by atomic mass is 10.5. The van der Waals surface area contributed by atoms with Gasteiger partial charge in [-0.25, -0.2) is 8.42 Å². The van der Waals surface area contributed by atoms with Crippen molar-refractivity contribution in [2.24, 2.45) is 0 Å². The first kappa shape index (κ1) is 7.62. The lowest BCUT2D eigenvalue weighted by Gasteiger charge is -1.86. The van der Waals surface area contributed by atoms with Crippen LogP contribution in [0, 0.1) is 5.75 Å². The van der Waals surface area contributed by atoms with Gasteiger partial charge in [-0.15, -0.1) is 0 Å². The summed E-state index contributed by atoms with van der Waals surface area (Å²) in [5.74, 6) is 0.250. The molecule has 0 aliphatic rings. The second kappa shape index (κ2) is 2.26. The number of Topliss-reactive ketones (excluding diaryl/α,β-unsaturated/α-hetero) is 1. The molecule has 0 aromatic carbocycles. The molecule has 0 amide bonds. The summed E-state index contributed by atoms with van der Waals surface area (Å²) >= 11 is 0. The predicted octanol–water partition coefficient (Wildman–Crippen LogP) is -0.218. The van der Waals surface area contributed by atoms with Crippen molar-refractivity contribution in [1.29, 1.82) is 0 Å². The van der Waals surface area contributed by atoms with Crippen molar-refractivity contribution >= 4 is 15.6 Å². The highest BCUT2D eigenvalue weighted by Gasteiger charge is 2.05. The maximum atomic E-state index is 10.2. The molecule has 8 heavy (non-hydrogen) atoms. The number of hydrogen-bond acceptors (Lipinski definition) is 3. The van der Waals surface area contributed by atoms with Gasteiger partial charge in [-0.05, 0) is 6.92 Å². The summed E-state index contributed by atoms with van der Waals surface area (Å²) in [5.41, 5.74) is 0. The molecule has 0 aromatic heterocycles. The van der Waals surface area contributed by atoms with E-state index in [1.807, 2.05) is 0 Å². The van der Waals surface area contributed by atoms with Gasteiger partial charge in [-0.3, -0.25) is 4.79 Å². The molecule has 0 spiro atoms. The van der Waals surface area contributed by atoms with E-state index in [1.165, 1.54) is 6.92 Å². The third-order valence-corrected chi connectivity index (χ3v) is 1.14. The summed E-state index contributed by atoms with van der Waals surface area (Å²) in [7, 11) is -3.20. The van der Waals surface area contributed by atoms with Crippen molar-refractivity contribution in [3.05, 3.63) is 5.75 Å². The molecule has 0 bridgehead atoms. The van der Waals surface area contributed by atoms with E-state index >= 15 is 0 Å². The monoisotopic (exact) mass is 135 g/mol. The predicted molar refractivity (Wildman–Crippen MR) is 29.8 cm³/mol. The van der Waals surface area contributed by atoms with Crippen LogP contribution in [0.5, 0.6) is 0 Å². The van der Waals surface area contributed by atoms with Crippen LogP contribution in [0.1, 0.15) is 6.92 Å². The summed E-state index contributed by atoms with van der Waals surface area (Å²) in [6.45, 7) is 1.20. The van der Waals surface area contributed by atoms with Gasteiger partial charge in [0.05, 0.1) is 0 Å². The Hall–Kier alpha value is -0.380. The number of rotatable bonds is 2. The molecule has 0 N–H and O–H groups in total. The quantitative estimate of drug-likeness (QED) is 0.526. The molecule has 0 aliphatic carbocycles. The maximum absolute atomic E-state index is 10.2. The van der Waals surface area contributed by atoms with Crippen LogP contribution >= 0.6 is 0 Å². The van der Waals surface area contributed by atoms with E-state index in [1.54, 1.807) is 0 Å². The topological polar surface area (TPSA) is 51.2 Å². The summed E-state index contributed by atoms with van der Waals surface area (Å²) in [4.78, 5) is 10.0. The Bertz CT molecular complexity index is 177. The fraction of sp³-hybridized carbons (Fsp3) is 0.500. The molecule has 0 saturated heterocycles. The first-order chi connectivity index (χ1) is 3.42. The number of sulfone groups is 1. The summed E-state index contributed by atoms with van der Waals surface area (Å²) in [6.07, 6.45) is 0.981. The third kappa shape index (κ3) is 5.62. The fourth-order valence-electron chi connectivity index (χ4n) is 0.301. The normalized spacial score (nSPS) is 11.2. The Morgan fingerprint density at radius 3 is 1.88 bits per heavy atom. The highest BCUT2D eigenvalue weighted by atomic mass is 32.2. The van der Waals surface area contributed by atoms with E-state index in [0.717, 1.165) is 6.26 Å². The van der Waals surface area contributed by atoms with Crippen molar-refractivity contribution in [1.82, 2.24) is 0 Å². The second-order valence-electron chi connectivity index (χ2n) is 1.56. The lowest BCUT2D eigenvalue weighted by molar-refractivity contribution is -0.113. The standard InChI is InChI=1S/C4H7O3S/c1-4(5)3-8(2,6)7/h3H,1-2H3. The van der Waals surface area contributed by atoms with E-state index in [9.17, 15) is 13.2 Å². The smallest absolute Gasteiger partial charge is 0.159 e. The molecule has 0 fully saturated rings. The lowest BCUT2D eigenvalue weighted by Crippen LogP contribution is -2.03. The van der Waals surface area contributed by atoms with Crippen LogP contribution in [-0.2, 0) is 14.6 Å². The second-order valence-corrected chi connectivity index (χ2v) is 3.45. The van der Waals surface area contributed by atoms with Gasteiger partial charge in [-0.1, -0.05) is 0 Å². The van der Waals surface area contributed by atoms with Gasteiger partial charge < -0.3 is 0 Å². The van der Waals surface area contributed by atoms with Crippen LogP contribution in [0.15, 0.2) is 0 Å². The first-order valence-electron chi connectivity index (χ1n) is 1.97. The largest absolute Gasteiger partial charge is 0.299 e. The average Bonchev–Trinajstić information content (AvgIpc) is 1.21. The number of hydrogen-bond donors (Lipinski definition) is 0. The van der Waals surface area contributed by atoms with Crippen molar-refractivity contribution < 1.29 is 13.2 Å². The molecule has 3 nitrogen and oxygen atoms in total. The van der Waals surface area contributed by atoms with E-state index in [-0.39, 0.29) is 0 Å². The Morgan fingerprint density at radius 2 is 1.88 bits per heavy atom. The zero-order valence-electron chi connectivity index (χ0n) is 4.71. The van der Waals surface area contributed by atoms with Crippen LogP contribution in [0.4, 0.5) is 0 Å². The zero-order valence-corrected chi connectivity index (χ0v) is 5.53. The Balaban J connectivity index is 3.95. The van der Waals surface area contributed by atoms with Crippen LogP contribution < -0.4 is 0 Å². The van der Waals surface area contributed by atoms with E-state index in [4.69, 9.17) is 0 Å². The van der Waals surface area contributed by atoms with Crippen molar-refractivity contribution in [2.45, 2.75) is 6.92 Å². The first-order valence-corrected chi connectivity index (χ1v) is 3.92. The van der Waals surface area contributed by atoms with Crippen LogP contribution in [0.3, 0.4) is 0 Å². The molecular formula is C4H7O3S. The van der Waals surface area contributed by atoms with E-state index in [0.29, 0.717) is 5.75 Å². The van der Waals surface area contributed by atoms with Gasteiger partial charge in [0.15, 0.2) is 9.84 Å². The molecule has 0 aromatic rings. The van der Waals surface area contributed by atoms with Crippen LogP contribution in [0.25, 0.3) is 0 Å². The van der Waals surface area contributed by atoms with Gasteiger partial charge >= 0.3 is 0 Å². The van der Waals surface area contributed by atoms with E-state index in [2.05, 4.69) is 0 Å². The van der Waals surface area contributed by atoms with Gasteiger partial charge in [0.2, 0.25) is 0 Å². The highest BCUT2D eigenvalue weighted by molar-refractivity contribution is 7.93. The molecule has 1 radical (unpaired) electrons. The average molecular weight is 135 g/mol. The molecule has 0 aliphatic heterocycles. The maximum Gasteiger partial charge on any atom is 0.159 e. The number of ketones is 1. The Morgan fingerprint density at radius 1 is 1.50 bits per heavy atom. The van der Waals surface area contributed by atoms with Gasteiger partial charge in [0.1, 0.15) is 11.5 Å².